The fourth-order valence-electron chi connectivity index (χ4n) is 2.87. The van der Waals surface area contributed by atoms with Gasteiger partial charge in [-0.2, -0.15) is 0 Å². The molecule has 4 heteroatoms. The molecule has 4 nitrogen and oxygen atoms in total. The zero-order valence-electron chi connectivity index (χ0n) is 12.9. The highest BCUT2D eigenvalue weighted by atomic mass is 16.5. The van der Waals surface area contributed by atoms with Gasteiger partial charge in [0.05, 0.1) is 13.7 Å². The van der Waals surface area contributed by atoms with Gasteiger partial charge in [0.1, 0.15) is 11.8 Å². The Morgan fingerprint density at radius 1 is 1.33 bits per heavy atom. The zero-order valence-corrected chi connectivity index (χ0v) is 12.9. The van der Waals surface area contributed by atoms with Crippen LogP contribution >= 0.6 is 0 Å². The molecule has 1 aliphatic rings. The SMILES string of the molecule is CCOc1cccc(C(NC2CCCCC2)C(=O)OC)c1. The maximum atomic E-state index is 12.1. The highest BCUT2D eigenvalue weighted by molar-refractivity contribution is 5.77. The largest absolute Gasteiger partial charge is 0.494 e. The monoisotopic (exact) mass is 291 g/mol. The summed E-state index contributed by atoms with van der Waals surface area (Å²) < 4.78 is 10.5. The predicted octanol–water partition coefficient (Wildman–Crippen LogP) is 3.22. The summed E-state index contributed by atoms with van der Waals surface area (Å²) in [5.74, 6) is 0.545. The Labute approximate surface area is 126 Å². The van der Waals surface area contributed by atoms with Crippen LogP contribution in [-0.4, -0.2) is 25.7 Å². The molecule has 116 valence electrons. The molecule has 1 aliphatic carbocycles. The van der Waals surface area contributed by atoms with Gasteiger partial charge in [-0.1, -0.05) is 31.4 Å². The van der Waals surface area contributed by atoms with Gasteiger partial charge < -0.3 is 9.47 Å². The Balaban J connectivity index is 2.14. The van der Waals surface area contributed by atoms with Crippen molar-refractivity contribution < 1.29 is 14.3 Å². The number of benzene rings is 1. The first-order valence-electron chi connectivity index (χ1n) is 7.81. The topological polar surface area (TPSA) is 47.6 Å². The lowest BCUT2D eigenvalue weighted by atomic mass is 9.94. The van der Waals surface area contributed by atoms with Crippen molar-refractivity contribution in [3.05, 3.63) is 29.8 Å². The number of carbonyl (C=O) groups is 1. The molecular weight excluding hydrogens is 266 g/mol. The van der Waals surface area contributed by atoms with E-state index in [1.54, 1.807) is 0 Å². The third-order valence-electron chi connectivity index (χ3n) is 3.95. The van der Waals surface area contributed by atoms with Crippen LogP contribution in [0.1, 0.15) is 50.6 Å². The van der Waals surface area contributed by atoms with Crippen molar-refractivity contribution in [1.29, 1.82) is 0 Å². The molecule has 0 amide bonds. The lowest BCUT2D eigenvalue weighted by Gasteiger charge is -2.27. The minimum Gasteiger partial charge on any atom is -0.494 e. The summed E-state index contributed by atoms with van der Waals surface area (Å²) in [6.07, 6.45) is 5.99. The second-order valence-corrected chi connectivity index (χ2v) is 5.46. The number of rotatable bonds is 6. The first-order chi connectivity index (χ1) is 10.2. The summed E-state index contributed by atoms with van der Waals surface area (Å²) in [6.45, 7) is 2.56. The van der Waals surface area contributed by atoms with Crippen molar-refractivity contribution >= 4 is 5.97 Å². The molecule has 0 saturated heterocycles. The summed E-state index contributed by atoms with van der Waals surface area (Å²) in [6, 6.07) is 7.65. The first-order valence-corrected chi connectivity index (χ1v) is 7.81. The van der Waals surface area contributed by atoms with Gasteiger partial charge in [-0.3, -0.25) is 5.32 Å². The van der Waals surface area contributed by atoms with E-state index >= 15 is 0 Å². The molecule has 0 heterocycles. The molecule has 2 rings (SSSR count). The van der Waals surface area contributed by atoms with Gasteiger partial charge in [0.25, 0.3) is 0 Å². The van der Waals surface area contributed by atoms with Crippen molar-refractivity contribution in [2.75, 3.05) is 13.7 Å². The summed E-state index contributed by atoms with van der Waals surface area (Å²) in [7, 11) is 1.43. The molecule has 0 aromatic heterocycles. The van der Waals surface area contributed by atoms with Gasteiger partial charge in [0.15, 0.2) is 0 Å². The highest BCUT2D eigenvalue weighted by Crippen LogP contribution is 2.24. The number of ether oxygens (including phenoxy) is 2. The van der Waals surface area contributed by atoms with Gasteiger partial charge >= 0.3 is 5.97 Å². The van der Waals surface area contributed by atoms with Crippen LogP contribution in [-0.2, 0) is 9.53 Å². The molecule has 0 spiro atoms. The van der Waals surface area contributed by atoms with Crippen LogP contribution in [0.25, 0.3) is 0 Å². The highest BCUT2D eigenvalue weighted by Gasteiger charge is 2.25. The lowest BCUT2D eigenvalue weighted by molar-refractivity contribution is -0.143. The third-order valence-corrected chi connectivity index (χ3v) is 3.95. The zero-order chi connectivity index (χ0) is 15.1. The lowest BCUT2D eigenvalue weighted by Crippen LogP contribution is -2.38. The van der Waals surface area contributed by atoms with E-state index in [4.69, 9.17) is 9.47 Å². The van der Waals surface area contributed by atoms with E-state index in [1.807, 2.05) is 31.2 Å². The van der Waals surface area contributed by atoms with E-state index in [9.17, 15) is 4.79 Å². The fraction of sp³-hybridized carbons (Fsp3) is 0.588. The van der Waals surface area contributed by atoms with E-state index in [1.165, 1.54) is 26.4 Å². The van der Waals surface area contributed by atoms with Crippen LogP contribution in [0.4, 0.5) is 0 Å². The number of hydrogen-bond acceptors (Lipinski definition) is 4. The number of carbonyl (C=O) groups excluding carboxylic acids is 1. The molecule has 0 aliphatic heterocycles. The number of nitrogens with one attached hydrogen (secondary N) is 1. The minimum atomic E-state index is -0.418. The quantitative estimate of drug-likeness (QED) is 0.818. The van der Waals surface area contributed by atoms with Crippen molar-refractivity contribution in [3.8, 4) is 5.75 Å². The molecule has 1 saturated carbocycles. The summed E-state index contributed by atoms with van der Waals surface area (Å²) in [4.78, 5) is 12.1. The first kappa shape index (κ1) is 15.8. The van der Waals surface area contributed by atoms with Crippen LogP contribution in [0.15, 0.2) is 24.3 Å². The fourth-order valence-corrected chi connectivity index (χ4v) is 2.87. The van der Waals surface area contributed by atoms with Crippen LogP contribution < -0.4 is 10.1 Å². The summed E-state index contributed by atoms with van der Waals surface area (Å²) >= 11 is 0. The Kier molecular flexibility index (Phi) is 6.05. The van der Waals surface area contributed by atoms with Crippen LogP contribution in [0.3, 0.4) is 0 Å². The van der Waals surface area contributed by atoms with E-state index in [2.05, 4.69) is 5.32 Å². The maximum absolute atomic E-state index is 12.1. The smallest absolute Gasteiger partial charge is 0.327 e. The Morgan fingerprint density at radius 3 is 2.76 bits per heavy atom. The average Bonchev–Trinajstić information content (AvgIpc) is 2.53. The second-order valence-electron chi connectivity index (χ2n) is 5.46. The predicted molar refractivity (Wildman–Crippen MR) is 82.4 cm³/mol. The molecular formula is C17H25NO3. The molecule has 1 unspecified atom stereocenters. The molecule has 0 radical (unpaired) electrons. The van der Waals surface area contributed by atoms with Crippen LogP contribution in [0.5, 0.6) is 5.75 Å². The van der Waals surface area contributed by atoms with Crippen LogP contribution in [0.2, 0.25) is 0 Å². The Bertz CT molecular complexity index is 455. The van der Waals surface area contributed by atoms with Gasteiger partial charge in [-0.15, -0.1) is 0 Å². The van der Waals surface area contributed by atoms with Gasteiger partial charge in [-0.05, 0) is 37.5 Å². The van der Waals surface area contributed by atoms with Crippen molar-refractivity contribution in [2.45, 2.75) is 51.1 Å². The molecule has 1 aromatic rings. The van der Waals surface area contributed by atoms with Crippen LogP contribution in [0, 0.1) is 0 Å². The van der Waals surface area contributed by atoms with Crippen molar-refractivity contribution in [3.63, 3.8) is 0 Å². The number of methoxy groups -OCH3 is 1. The summed E-state index contributed by atoms with van der Waals surface area (Å²) in [5.41, 5.74) is 0.901. The van der Waals surface area contributed by atoms with E-state index < -0.39 is 6.04 Å². The minimum absolute atomic E-state index is 0.241. The van der Waals surface area contributed by atoms with Gasteiger partial charge in [0.2, 0.25) is 0 Å². The maximum Gasteiger partial charge on any atom is 0.327 e. The number of hydrogen-bond donors (Lipinski definition) is 1. The van der Waals surface area contributed by atoms with Gasteiger partial charge in [-0.25, -0.2) is 4.79 Å². The van der Waals surface area contributed by atoms with E-state index in [-0.39, 0.29) is 5.97 Å². The molecule has 21 heavy (non-hydrogen) atoms. The molecule has 1 atom stereocenters. The molecule has 0 bridgehead atoms. The number of esters is 1. The Morgan fingerprint density at radius 2 is 2.10 bits per heavy atom. The third kappa shape index (κ3) is 4.46. The summed E-state index contributed by atoms with van der Waals surface area (Å²) in [5, 5.41) is 3.46. The molecule has 1 fully saturated rings. The van der Waals surface area contributed by atoms with Crippen molar-refractivity contribution in [2.24, 2.45) is 0 Å². The normalized spacial score (nSPS) is 17.2. The Hall–Kier alpha value is -1.55. The second kappa shape index (κ2) is 8.03. The molecule has 1 aromatic carbocycles. The molecule has 1 N–H and O–H groups in total. The standard InChI is InChI=1S/C17H25NO3/c1-3-21-15-11-7-8-13(12-15)16(17(19)20-2)18-14-9-5-4-6-10-14/h7-8,11-12,14,16,18H,3-6,9-10H2,1-2H3. The van der Waals surface area contributed by atoms with Crippen molar-refractivity contribution in [1.82, 2.24) is 5.32 Å². The average molecular weight is 291 g/mol. The van der Waals surface area contributed by atoms with E-state index in [0.717, 1.165) is 24.2 Å². The van der Waals surface area contributed by atoms with E-state index in [0.29, 0.717) is 12.6 Å². The van der Waals surface area contributed by atoms with Gasteiger partial charge in [0, 0.05) is 6.04 Å².